The second-order valence-corrected chi connectivity index (χ2v) is 5.45. The van der Waals surface area contributed by atoms with Gasteiger partial charge in [-0.3, -0.25) is 0 Å². The molecule has 1 heterocycles. The van der Waals surface area contributed by atoms with Gasteiger partial charge in [0.2, 0.25) is 0 Å². The van der Waals surface area contributed by atoms with Gasteiger partial charge in [-0.2, -0.15) is 13.2 Å². The zero-order valence-electron chi connectivity index (χ0n) is 9.98. The van der Waals surface area contributed by atoms with Crippen LogP contribution in [-0.2, 0) is 6.18 Å². The van der Waals surface area contributed by atoms with Gasteiger partial charge in [0, 0.05) is 22.8 Å². The molecule has 0 amide bonds. The lowest BCUT2D eigenvalue weighted by atomic mass is 10.0. The fraction of sp³-hybridized carbons (Fsp3) is 0.545. The van der Waals surface area contributed by atoms with E-state index in [9.17, 15) is 13.2 Å². The summed E-state index contributed by atoms with van der Waals surface area (Å²) in [5, 5.41) is 11.6. The highest BCUT2D eigenvalue weighted by molar-refractivity contribution is 9.10. The molecule has 0 atom stereocenters. The Morgan fingerprint density at radius 3 is 2.50 bits per heavy atom. The molecule has 0 unspecified atom stereocenters. The molecule has 0 fully saturated rings. The molecule has 7 heteroatoms. The Kier molecular flexibility index (Phi) is 4.61. The first-order valence-corrected chi connectivity index (χ1v) is 6.07. The molecule has 18 heavy (non-hydrogen) atoms. The Morgan fingerprint density at radius 1 is 1.39 bits per heavy atom. The second-order valence-electron chi connectivity index (χ2n) is 4.53. The number of aliphatic hydroxyl groups is 1. The van der Waals surface area contributed by atoms with Crippen molar-refractivity contribution in [2.75, 3.05) is 11.9 Å². The Labute approximate surface area is 112 Å². The van der Waals surface area contributed by atoms with Gasteiger partial charge in [0.05, 0.1) is 5.56 Å². The smallest absolute Gasteiger partial charge is 0.396 e. The predicted octanol–water partition coefficient (Wildman–Crippen LogP) is 3.44. The summed E-state index contributed by atoms with van der Waals surface area (Å²) in [6.45, 7) is 3.29. The van der Waals surface area contributed by atoms with Crippen LogP contribution >= 0.6 is 15.9 Å². The molecule has 1 rings (SSSR count). The number of hydrogen-bond donors (Lipinski definition) is 2. The Bertz CT molecular complexity index is 421. The number of anilines is 1. The first kappa shape index (κ1) is 15.2. The van der Waals surface area contributed by atoms with E-state index in [1.165, 1.54) is 6.20 Å². The molecule has 1 aromatic heterocycles. The van der Waals surface area contributed by atoms with Gasteiger partial charge in [0.15, 0.2) is 0 Å². The first-order chi connectivity index (χ1) is 8.15. The summed E-state index contributed by atoms with van der Waals surface area (Å²) >= 11 is 2.97. The van der Waals surface area contributed by atoms with Crippen molar-refractivity contribution in [3.63, 3.8) is 0 Å². The van der Waals surface area contributed by atoms with E-state index in [-0.39, 0.29) is 16.9 Å². The number of rotatable bonds is 4. The van der Waals surface area contributed by atoms with Crippen LogP contribution in [0.25, 0.3) is 0 Å². The molecule has 0 aliphatic heterocycles. The number of aliphatic hydroxyl groups excluding tert-OH is 1. The van der Waals surface area contributed by atoms with Gasteiger partial charge in [0.25, 0.3) is 0 Å². The van der Waals surface area contributed by atoms with Crippen LogP contribution in [0.5, 0.6) is 0 Å². The Morgan fingerprint density at radius 2 is 2.00 bits per heavy atom. The van der Waals surface area contributed by atoms with Crippen LogP contribution < -0.4 is 5.32 Å². The van der Waals surface area contributed by atoms with Crippen molar-refractivity contribution in [1.29, 1.82) is 0 Å². The zero-order chi connectivity index (χ0) is 14.0. The summed E-state index contributed by atoms with van der Waals surface area (Å²) in [6, 6.07) is 0.977. The van der Waals surface area contributed by atoms with Crippen molar-refractivity contribution in [1.82, 2.24) is 4.98 Å². The number of hydrogen-bond acceptors (Lipinski definition) is 3. The summed E-state index contributed by atoms with van der Waals surface area (Å²) in [5.41, 5.74) is -1.50. The van der Waals surface area contributed by atoms with Crippen LogP contribution in [0.3, 0.4) is 0 Å². The molecule has 0 aliphatic carbocycles. The number of aromatic nitrogens is 1. The molecule has 102 valence electrons. The number of nitrogens with zero attached hydrogens (tertiary/aromatic N) is 1. The van der Waals surface area contributed by atoms with Crippen LogP contribution in [0.1, 0.15) is 25.8 Å². The van der Waals surface area contributed by atoms with Gasteiger partial charge in [-0.15, -0.1) is 0 Å². The summed E-state index contributed by atoms with van der Waals surface area (Å²) in [7, 11) is 0. The van der Waals surface area contributed by atoms with Gasteiger partial charge in [-0.1, -0.05) is 0 Å². The van der Waals surface area contributed by atoms with Crippen LogP contribution in [0.4, 0.5) is 19.0 Å². The molecule has 0 saturated carbocycles. The van der Waals surface area contributed by atoms with E-state index in [0.717, 1.165) is 6.07 Å². The highest BCUT2D eigenvalue weighted by Crippen LogP contribution is 2.36. The van der Waals surface area contributed by atoms with E-state index < -0.39 is 17.3 Å². The topological polar surface area (TPSA) is 45.1 Å². The highest BCUT2D eigenvalue weighted by atomic mass is 79.9. The third-order valence-corrected chi connectivity index (χ3v) is 2.79. The molecule has 0 bridgehead atoms. The van der Waals surface area contributed by atoms with Crippen molar-refractivity contribution in [2.45, 2.75) is 32.0 Å². The number of halogens is 4. The largest absolute Gasteiger partial charge is 0.419 e. The monoisotopic (exact) mass is 326 g/mol. The number of alkyl halides is 3. The van der Waals surface area contributed by atoms with Crippen molar-refractivity contribution >= 4 is 21.7 Å². The molecule has 3 nitrogen and oxygen atoms in total. The minimum Gasteiger partial charge on any atom is -0.396 e. The van der Waals surface area contributed by atoms with E-state index in [4.69, 9.17) is 5.11 Å². The molecule has 0 radical (unpaired) electrons. The maximum atomic E-state index is 12.8. The first-order valence-electron chi connectivity index (χ1n) is 5.27. The van der Waals surface area contributed by atoms with Gasteiger partial charge >= 0.3 is 6.18 Å². The van der Waals surface area contributed by atoms with Crippen LogP contribution in [0.2, 0.25) is 0 Å². The summed E-state index contributed by atoms with van der Waals surface area (Å²) in [5.74, 6) is -0.232. The normalized spacial score (nSPS) is 12.6. The van der Waals surface area contributed by atoms with Crippen LogP contribution in [0, 0.1) is 0 Å². The van der Waals surface area contributed by atoms with Gasteiger partial charge in [-0.05, 0) is 42.3 Å². The quantitative estimate of drug-likeness (QED) is 0.890. The van der Waals surface area contributed by atoms with Crippen molar-refractivity contribution in [2.24, 2.45) is 0 Å². The van der Waals surface area contributed by atoms with Gasteiger partial charge in [-0.25, -0.2) is 4.98 Å². The third-order valence-electron chi connectivity index (χ3n) is 2.35. The fourth-order valence-electron chi connectivity index (χ4n) is 1.42. The minimum absolute atomic E-state index is 0.113. The molecule has 1 aromatic rings. The van der Waals surface area contributed by atoms with Gasteiger partial charge in [0.1, 0.15) is 5.82 Å². The lowest BCUT2D eigenvalue weighted by Gasteiger charge is -2.27. The molecule has 0 saturated heterocycles. The molecule has 0 aliphatic rings. The maximum absolute atomic E-state index is 12.8. The Balaban J connectivity index is 3.09. The SMILES string of the molecule is CC(C)(CCO)Nc1ncc(Br)cc1C(F)(F)F. The predicted molar refractivity (Wildman–Crippen MR) is 66.3 cm³/mol. The van der Waals surface area contributed by atoms with Crippen LogP contribution in [-0.4, -0.2) is 22.2 Å². The fourth-order valence-corrected chi connectivity index (χ4v) is 1.75. The second kappa shape index (κ2) is 5.44. The Hall–Kier alpha value is -0.820. The van der Waals surface area contributed by atoms with Gasteiger partial charge < -0.3 is 10.4 Å². The molecule has 0 spiro atoms. The van der Waals surface area contributed by atoms with Crippen molar-refractivity contribution in [3.05, 3.63) is 22.3 Å². The van der Waals surface area contributed by atoms with E-state index >= 15 is 0 Å². The summed E-state index contributed by atoms with van der Waals surface area (Å²) in [6.07, 6.45) is -2.86. The van der Waals surface area contributed by atoms with E-state index in [0.29, 0.717) is 6.42 Å². The van der Waals surface area contributed by atoms with Crippen molar-refractivity contribution in [3.8, 4) is 0 Å². The average Bonchev–Trinajstić information content (AvgIpc) is 2.18. The summed E-state index contributed by atoms with van der Waals surface area (Å²) in [4.78, 5) is 3.75. The van der Waals surface area contributed by atoms with Crippen LogP contribution in [0.15, 0.2) is 16.7 Å². The molecular formula is C11H14BrF3N2O. The molecular weight excluding hydrogens is 313 g/mol. The summed E-state index contributed by atoms with van der Waals surface area (Å²) < 4.78 is 38.8. The lowest BCUT2D eigenvalue weighted by Crippen LogP contribution is -2.33. The minimum atomic E-state index is -4.48. The zero-order valence-corrected chi connectivity index (χ0v) is 11.6. The lowest BCUT2D eigenvalue weighted by molar-refractivity contribution is -0.137. The van der Waals surface area contributed by atoms with E-state index in [1.54, 1.807) is 13.8 Å². The number of pyridine rings is 1. The van der Waals surface area contributed by atoms with E-state index in [2.05, 4.69) is 26.2 Å². The molecule has 0 aromatic carbocycles. The molecule has 2 N–H and O–H groups in total. The van der Waals surface area contributed by atoms with Crippen molar-refractivity contribution < 1.29 is 18.3 Å². The average molecular weight is 327 g/mol. The number of nitrogens with one attached hydrogen (secondary N) is 1. The highest BCUT2D eigenvalue weighted by Gasteiger charge is 2.35. The van der Waals surface area contributed by atoms with E-state index in [1.807, 2.05) is 0 Å². The standard InChI is InChI=1S/C11H14BrF3N2O/c1-10(2,3-4-18)17-9-8(11(13,14)15)5-7(12)6-16-9/h5-6,18H,3-4H2,1-2H3,(H,16,17). The third kappa shape index (κ3) is 4.13. The maximum Gasteiger partial charge on any atom is 0.419 e.